The lowest BCUT2D eigenvalue weighted by Crippen LogP contribution is -2.59. The average molecular weight is 568 g/mol. The number of hydrogen-bond donors (Lipinski definition) is 1. The highest BCUT2D eigenvalue weighted by Crippen LogP contribution is 2.50. The second kappa shape index (κ2) is 8.60. The molecule has 0 aromatic heterocycles. The lowest BCUT2D eigenvalue weighted by molar-refractivity contribution is -0.269. The number of nitrogens with zero attached hydrogens (tertiary/aromatic N) is 1. The van der Waals surface area contributed by atoms with Crippen molar-refractivity contribution < 1.29 is 53.5 Å². The van der Waals surface area contributed by atoms with Gasteiger partial charge in [-0.05, 0) is 48.2 Å². The molecule has 2 aromatic rings. The fourth-order valence-electron chi connectivity index (χ4n) is 4.59. The Morgan fingerprint density at radius 2 is 1.38 bits per heavy atom. The topological polar surface area (TPSA) is 41.6 Å². The molecule has 1 unspecified atom stereocenters. The number of carbonyl (C=O) groups is 1. The summed E-state index contributed by atoms with van der Waals surface area (Å²) in [5.74, 6) is -0.223. The van der Waals surface area contributed by atoms with Crippen LogP contribution >= 0.6 is 0 Å². The molecule has 1 saturated carbocycles. The van der Waals surface area contributed by atoms with Gasteiger partial charge >= 0.3 is 18.5 Å². The van der Waals surface area contributed by atoms with Crippen molar-refractivity contribution in [1.82, 2.24) is 10.4 Å². The fourth-order valence-corrected chi connectivity index (χ4v) is 4.59. The molecule has 2 aromatic carbocycles. The SMILES string of the molecule is O=C(C1CC1)N1CC(F)(c2ccc(C3=CC(c4cc(C(F)(F)F)cc(C(F)(F)F)c4)(C(F)(F)F)ON3)cc2)C1. The van der Waals surface area contributed by atoms with Crippen LogP contribution in [0.25, 0.3) is 5.70 Å². The van der Waals surface area contributed by atoms with Crippen LogP contribution in [0.2, 0.25) is 0 Å². The Hall–Kier alpha value is -3.29. The normalized spacial score (nSPS) is 23.2. The first-order valence-corrected chi connectivity index (χ1v) is 11.6. The molecule has 2 fully saturated rings. The molecule has 2 heterocycles. The van der Waals surface area contributed by atoms with Crippen LogP contribution in [0.5, 0.6) is 0 Å². The second-order valence-electron chi connectivity index (χ2n) is 9.80. The smallest absolute Gasteiger partial charge is 0.335 e. The number of nitrogens with one attached hydrogen (secondary N) is 1. The van der Waals surface area contributed by atoms with Crippen LogP contribution in [0.3, 0.4) is 0 Å². The summed E-state index contributed by atoms with van der Waals surface area (Å²) in [5, 5.41) is 0. The van der Waals surface area contributed by atoms with Gasteiger partial charge in [-0.25, -0.2) is 4.39 Å². The van der Waals surface area contributed by atoms with Gasteiger partial charge in [-0.3, -0.25) is 15.1 Å². The van der Waals surface area contributed by atoms with Gasteiger partial charge in [-0.2, -0.15) is 39.5 Å². The summed E-state index contributed by atoms with van der Waals surface area (Å²) in [6.45, 7) is -0.361. The maximum atomic E-state index is 15.2. The van der Waals surface area contributed by atoms with E-state index in [4.69, 9.17) is 0 Å². The molecule has 4 nitrogen and oxygen atoms in total. The number of hydrogen-bond acceptors (Lipinski definition) is 3. The zero-order chi connectivity index (χ0) is 28.6. The van der Waals surface area contributed by atoms with E-state index in [1.54, 1.807) is 0 Å². The molecule has 14 heteroatoms. The van der Waals surface area contributed by atoms with Crippen LogP contribution in [-0.4, -0.2) is 30.1 Å². The Balaban J connectivity index is 1.47. The number of likely N-dealkylation sites (tertiary alicyclic amines) is 1. The summed E-state index contributed by atoms with van der Waals surface area (Å²) >= 11 is 0. The molecule has 1 N–H and O–H groups in total. The molecule has 0 radical (unpaired) electrons. The Kier molecular flexibility index (Phi) is 6.02. The molecular weight excluding hydrogens is 550 g/mol. The van der Waals surface area contributed by atoms with Gasteiger partial charge in [0.05, 0.1) is 29.9 Å². The zero-order valence-electron chi connectivity index (χ0n) is 19.6. The largest absolute Gasteiger partial charge is 0.428 e. The summed E-state index contributed by atoms with van der Waals surface area (Å²) in [5.41, 5.74) is -9.17. The highest BCUT2D eigenvalue weighted by atomic mass is 19.4. The van der Waals surface area contributed by atoms with Crippen LogP contribution in [0.1, 0.15) is 40.7 Å². The molecular formula is C25H18F10N2O2. The van der Waals surface area contributed by atoms with E-state index in [2.05, 4.69) is 4.84 Å². The van der Waals surface area contributed by atoms with Gasteiger partial charge in [-0.1, -0.05) is 24.3 Å². The van der Waals surface area contributed by atoms with Crippen molar-refractivity contribution >= 4 is 11.6 Å². The number of rotatable bonds is 4. The lowest BCUT2D eigenvalue weighted by Gasteiger charge is -2.45. The number of amides is 1. The molecule has 1 amide bonds. The minimum atomic E-state index is -5.48. The predicted molar refractivity (Wildman–Crippen MR) is 115 cm³/mol. The lowest BCUT2D eigenvalue weighted by atomic mass is 9.86. The van der Waals surface area contributed by atoms with Crippen molar-refractivity contribution in [2.24, 2.45) is 5.92 Å². The van der Waals surface area contributed by atoms with Crippen molar-refractivity contribution in [3.05, 3.63) is 76.4 Å². The van der Waals surface area contributed by atoms with E-state index in [1.807, 2.05) is 5.48 Å². The van der Waals surface area contributed by atoms with Gasteiger partial charge in [0.2, 0.25) is 11.5 Å². The van der Waals surface area contributed by atoms with E-state index in [0.29, 0.717) is 6.08 Å². The minimum Gasteiger partial charge on any atom is -0.335 e. The summed E-state index contributed by atoms with van der Waals surface area (Å²) in [4.78, 5) is 18.1. The van der Waals surface area contributed by atoms with Gasteiger partial charge < -0.3 is 4.90 Å². The van der Waals surface area contributed by atoms with Crippen LogP contribution in [0.15, 0.2) is 48.5 Å². The quantitative estimate of drug-likeness (QED) is 0.430. The number of benzene rings is 2. The Bertz CT molecular complexity index is 1290. The van der Waals surface area contributed by atoms with E-state index in [-0.39, 0.29) is 54.2 Å². The monoisotopic (exact) mass is 568 g/mol. The third-order valence-corrected chi connectivity index (χ3v) is 6.94. The predicted octanol–water partition coefficient (Wildman–Crippen LogP) is 6.47. The second-order valence-corrected chi connectivity index (χ2v) is 9.80. The first-order chi connectivity index (χ1) is 17.9. The molecule has 3 aliphatic rings. The van der Waals surface area contributed by atoms with Crippen LogP contribution in [0, 0.1) is 5.92 Å². The van der Waals surface area contributed by atoms with Crippen molar-refractivity contribution in [2.45, 2.75) is 42.6 Å². The number of alkyl halides is 10. The highest BCUT2D eigenvalue weighted by molar-refractivity contribution is 5.82. The molecule has 210 valence electrons. The van der Waals surface area contributed by atoms with Crippen molar-refractivity contribution in [3.8, 4) is 0 Å². The number of halogens is 10. The van der Waals surface area contributed by atoms with Crippen molar-refractivity contribution in [1.29, 1.82) is 0 Å². The molecule has 5 rings (SSSR count). The van der Waals surface area contributed by atoms with E-state index in [1.165, 1.54) is 29.2 Å². The van der Waals surface area contributed by atoms with E-state index >= 15 is 4.39 Å². The van der Waals surface area contributed by atoms with Gasteiger partial charge in [0, 0.05) is 11.5 Å². The van der Waals surface area contributed by atoms with Crippen LogP contribution < -0.4 is 5.48 Å². The third kappa shape index (κ3) is 4.83. The third-order valence-electron chi connectivity index (χ3n) is 6.94. The maximum Gasteiger partial charge on any atom is 0.428 e. The average Bonchev–Trinajstić information content (AvgIpc) is 3.57. The number of carbonyl (C=O) groups excluding carboxylic acids is 1. The van der Waals surface area contributed by atoms with Gasteiger partial charge in [-0.15, -0.1) is 0 Å². The van der Waals surface area contributed by atoms with Gasteiger partial charge in [0.1, 0.15) is 0 Å². The molecule has 2 aliphatic heterocycles. The molecule has 39 heavy (non-hydrogen) atoms. The molecule has 0 bridgehead atoms. The highest BCUT2D eigenvalue weighted by Gasteiger charge is 2.60. The first-order valence-electron chi connectivity index (χ1n) is 11.6. The van der Waals surface area contributed by atoms with Crippen molar-refractivity contribution in [2.75, 3.05) is 13.1 Å². The Morgan fingerprint density at radius 1 is 0.846 bits per heavy atom. The van der Waals surface area contributed by atoms with Gasteiger partial charge in [0.25, 0.3) is 0 Å². The van der Waals surface area contributed by atoms with E-state index < -0.39 is 52.2 Å². The van der Waals surface area contributed by atoms with E-state index in [0.717, 1.165) is 12.8 Å². The Morgan fingerprint density at radius 3 is 1.85 bits per heavy atom. The summed E-state index contributed by atoms with van der Waals surface area (Å²) in [7, 11) is 0. The number of hydroxylamine groups is 1. The molecule has 1 aliphatic carbocycles. The molecule has 1 atom stereocenters. The summed E-state index contributed by atoms with van der Waals surface area (Å²) in [6, 6.07) is 4.61. The van der Waals surface area contributed by atoms with Gasteiger partial charge in [0.15, 0.2) is 5.67 Å². The van der Waals surface area contributed by atoms with Crippen LogP contribution in [-0.2, 0) is 33.3 Å². The maximum absolute atomic E-state index is 15.2. The molecule has 1 saturated heterocycles. The standard InChI is InChI=1S/C25H18F10N2O2/c26-21(11-37(12-21)20(38)14-1-2-14)15-5-3-13(4-6-15)19-10-22(39-36-19,25(33,34)35)16-7-17(23(27,28)29)9-18(8-16)24(30,31)32/h3-10,14,36H,1-2,11-12H2. The fraction of sp³-hybridized carbons (Fsp3) is 0.400. The molecule has 0 spiro atoms. The summed E-state index contributed by atoms with van der Waals surface area (Å²) < 4.78 is 138. The first kappa shape index (κ1) is 27.3. The van der Waals surface area contributed by atoms with Crippen LogP contribution in [0.4, 0.5) is 43.9 Å². The summed E-state index contributed by atoms with van der Waals surface area (Å²) in [6.07, 6.45) is -14.4. The zero-order valence-corrected chi connectivity index (χ0v) is 19.6. The Labute approximate surface area is 214 Å². The van der Waals surface area contributed by atoms with E-state index in [9.17, 15) is 44.3 Å². The van der Waals surface area contributed by atoms with Crippen molar-refractivity contribution in [3.63, 3.8) is 0 Å². The minimum absolute atomic E-state index is 0.00160.